The van der Waals surface area contributed by atoms with E-state index in [4.69, 9.17) is 9.47 Å². The SMILES string of the molecule is COCCNc1nc(C)cn1C(C)COC. The molecule has 1 atom stereocenters. The predicted molar refractivity (Wildman–Crippen MR) is 63.9 cm³/mol. The standard InChI is InChI=1S/C11H21N3O2/c1-9-7-14(10(2)8-16-4)11(13-9)12-5-6-15-3/h7,10H,5-6,8H2,1-4H3,(H,12,13). The third kappa shape index (κ3) is 3.50. The van der Waals surface area contributed by atoms with Crippen molar-refractivity contribution < 1.29 is 9.47 Å². The number of methoxy groups -OCH3 is 2. The van der Waals surface area contributed by atoms with Gasteiger partial charge in [0.25, 0.3) is 0 Å². The number of aromatic nitrogens is 2. The highest BCUT2D eigenvalue weighted by Crippen LogP contribution is 2.15. The van der Waals surface area contributed by atoms with Crippen molar-refractivity contribution in [3.63, 3.8) is 0 Å². The van der Waals surface area contributed by atoms with E-state index in [1.54, 1.807) is 14.2 Å². The summed E-state index contributed by atoms with van der Waals surface area (Å²) >= 11 is 0. The lowest BCUT2D eigenvalue weighted by atomic mass is 10.3. The van der Waals surface area contributed by atoms with E-state index in [9.17, 15) is 0 Å². The lowest BCUT2D eigenvalue weighted by Crippen LogP contribution is -2.16. The Morgan fingerprint density at radius 2 is 2.19 bits per heavy atom. The Labute approximate surface area is 96.8 Å². The molecule has 0 aliphatic rings. The first kappa shape index (κ1) is 13.0. The first-order valence-electron chi connectivity index (χ1n) is 5.46. The zero-order valence-corrected chi connectivity index (χ0v) is 10.5. The maximum Gasteiger partial charge on any atom is 0.203 e. The largest absolute Gasteiger partial charge is 0.383 e. The van der Waals surface area contributed by atoms with E-state index in [0.29, 0.717) is 13.2 Å². The highest BCUT2D eigenvalue weighted by Gasteiger charge is 2.10. The summed E-state index contributed by atoms with van der Waals surface area (Å²) in [5.41, 5.74) is 1.00. The Kier molecular flexibility index (Phi) is 5.28. The molecule has 1 unspecified atom stereocenters. The molecule has 0 aliphatic heterocycles. The van der Waals surface area contributed by atoms with Crippen molar-refractivity contribution in [2.45, 2.75) is 19.9 Å². The van der Waals surface area contributed by atoms with Gasteiger partial charge in [0.15, 0.2) is 0 Å². The number of hydrogen-bond acceptors (Lipinski definition) is 4. The molecule has 5 heteroatoms. The Balaban J connectivity index is 2.66. The molecular formula is C11H21N3O2. The summed E-state index contributed by atoms with van der Waals surface area (Å²) in [5.74, 6) is 0.874. The van der Waals surface area contributed by atoms with Gasteiger partial charge >= 0.3 is 0 Å². The van der Waals surface area contributed by atoms with Crippen LogP contribution < -0.4 is 5.32 Å². The van der Waals surface area contributed by atoms with Crippen LogP contribution in [-0.2, 0) is 9.47 Å². The molecule has 1 heterocycles. The summed E-state index contributed by atoms with van der Waals surface area (Å²) in [7, 11) is 3.39. The van der Waals surface area contributed by atoms with Crippen LogP contribution in [0.25, 0.3) is 0 Å². The van der Waals surface area contributed by atoms with Crippen LogP contribution in [0.1, 0.15) is 18.7 Å². The summed E-state index contributed by atoms with van der Waals surface area (Å²) in [4.78, 5) is 4.43. The molecule has 0 radical (unpaired) electrons. The summed E-state index contributed by atoms with van der Waals surface area (Å²) < 4.78 is 12.2. The van der Waals surface area contributed by atoms with Crippen LogP contribution in [0.15, 0.2) is 6.20 Å². The monoisotopic (exact) mass is 227 g/mol. The fourth-order valence-corrected chi connectivity index (χ4v) is 1.57. The lowest BCUT2D eigenvalue weighted by molar-refractivity contribution is 0.163. The highest BCUT2D eigenvalue weighted by molar-refractivity contribution is 5.29. The highest BCUT2D eigenvalue weighted by atomic mass is 16.5. The average Bonchev–Trinajstić information content (AvgIpc) is 2.61. The Bertz CT molecular complexity index is 312. The molecule has 1 N–H and O–H groups in total. The molecule has 0 aromatic carbocycles. The number of hydrogen-bond donors (Lipinski definition) is 1. The minimum Gasteiger partial charge on any atom is -0.383 e. The molecule has 1 rings (SSSR count). The van der Waals surface area contributed by atoms with E-state index in [-0.39, 0.29) is 6.04 Å². The number of rotatable bonds is 7. The van der Waals surface area contributed by atoms with E-state index in [1.807, 2.05) is 13.1 Å². The van der Waals surface area contributed by atoms with Gasteiger partial charge in [0, 0.05) is 27.0 Å². The van der Waals surface area contributed by atoms with E-state index < -0.39 is 0 Å². The van der Waals surface area contributed by atoms with Gasteiger partial charge < -0.3 is 19.4 Å². The van der Waals surface area contributed by atoms with Gasteiger partial charge in [-0.1, -0.05) is 0 Å². The average molecular weight is 227 g/mol. The van der Waals surface area contributed by atoms with Crippen molar-refractivity contribution >= 4 is 5.95 Å². The van der Waals surface area contributed by atoms with E-state index in [0.717, 1.165) is 18.2 Å². The second kappa shape index (κ2) is 6.50. The van der Waals surface area contributed by atoms with Crippen LogP contribution >= 0.6 is 0 Å². The zero-order valence-electron chi connectivity index (χ0n) is 10.5. The van der Waals surface area contributed by atoms with Crippen LogP contribution in [0.2, 0.25) is 0 Å². The maximum atomic E-state index is 5.15. The fourth-order valence-electron chi connectivity index (χ4n) is 1.57. The lowest BCUT2D eigenvalue weighted by Gasteiger charge is -2.15. The second-order valence-electron chi connectivity index (χ2n) is 3.84. The molecule has 0 spiro atoms. The topological polar surface area (TPSA) is 48.3 Å². The molecule has 0 aliphatic carbocycles. The van der Waals surface area contributed by atoms with Gasteiger partial charge in [0.1, 0.15) is 0 Å². The van der Waals surface area contributed by atoms with Crippen molar-refractivity contribution in [2.24, 2.45) is 0 Å². The second-order valence-corrected chi connectivity index (χ2v) is 3.84. The Hall–Kier alpha value is -1.07. The van der Waals surface area contributed by atoms with E-state index in [2.05, 4.69) is 21.8 Å². The molecular weight excluding hydrogens is 206 g/mol. The number of ether oxygens (including phenoxy) is 2. The van der Waals surface area contributed by atoms with Crippen molar-refractivity contribution in [3.05, 3.63) is 11.9 Å². The number of imidazole rings is 1. The maximum absolute atomic E-state index is 5.15. The summed E-state index contributed by atoms with van der Waals surface area (Å²) in [5, 5.41) is 3.25. The fraction of sp³-hybridized carbons (Fsp3) is 0.727. The van der Waals surface area contributed by atoms with Crippen molar-refractivity contribution in [2.75, 3.05) is 39.3 Å². The van der Waals surface area contributed by atoms with Crippen LogP contribution in [0, 0.1) is 6.92 Å². The summed E-state index contributed by atoms with van der Waals surface area (Å²) in [6, 6.07) is 0.274. The minimum atomic E-state index is 0.274. The quantitative estimate of drug-likeness (QED) is 0.716. The Morgan fingerprint density at radius 3 is 2.81 bits per heavy atom. The van der Waals surface area contributed by atoms with Crippen LogP contribution in [0.4, 0.5) is 5.95 Å². The third-order valence-electron chi connectivity index (χ3n) is 2.32. The molecule has 0 saturated heterocycles. The zero-order chi connectivity index (χ0) is 12.0. The molecule has 5 nitrogen and oxygen atoms in total. The Morgan fingerprint density at radius 1 is 1.44 bits per heavy atom. The van der Waals surface area contributed by atoms with Crippen LogP contribution in [0.5, 0.6) is 0 Å². The summed E-state index contributed by atoms with van der Waals surface area (Å²) in [6.07, 6.45) is 2.03. The van der Waals surface area contributed by atoms with Gasteiger partial charge in [-0.05, 0) is 13.8 Å². The molecule has 1 aromatic rings. The van der Waals surface area contributed by atoms with Crippen molar-refractivity contribution in [1.29, 1.82) is 0 Å². The van der Waals surface area contributed by atoms with E-state index >= 15 is 0 Å². The molecule has 0 fully saturated rings. The first-order valence-corrected chi connectivity index (χ1v) is 5.46. The van der Waals surface area contributed by atoms with Crippen molar-refractivity contribution in [3.8, 4) is 0 Å². The van der Waals surface area contributed by atoms with Gasteiger partial charge in [-0.3, -0.25) is 0 Å². The van der Waals surface area contributed by atoms with Gasteiger partial charge in [-0.25, -0.2) is 4.98 Å². The number of anilines is 1. The van der Waals surface area contributed by atoms with Crippen LogP contribution in [-0.4, -0.2) is 43.5 Å². The minimum absolute atomic E-state index is 0.274. The van der Waals surface area contributed by atoms with E-state index in [1.165, 1.54) is 0 Å². The molecule has 0 saturated carbocycles. The van der Waals surface area contributed by atoms with Gasteiger partial charge in [0.2, 0.25) is 5.95 Å². The summed E-state index contributed by atoms with van der Waals surface area (Å²) in [6.45, 7) is 6.19. The smallest absolute Gasteiger partial charge is 0.203 e. The number of nitrogens with one attached hydrogen (secondary N) is 1. The number of nitrogens with zero attached hydrogens (tertiary/aromatic N) is 2. The molecule has 0 amide bonds. The number of aryl methyl sites for hydroxylation is 1. The molecule has 1 aromatic heterocycles. The molecule has 92 valence electrons. The van der Waals surface area contributed by atoms with Crippen LogP contribution in [0.3, 0.4) is 0 Å². The van der Waals surface area contributed by atoms with Gasteiger partial charge in [-0.15, -0.1) is 0 Å². The molecule has 0 bridgehead atoms. The first-order chi connectivity index (χ1) is 7.69. The van der Waals surface area contributed by atoms with Gasteiger partial charge in [0.05, 0.1) is 24.9 Å². The third-order valence-corrected chi connectivity index (χ3v) is 2.32. The predicted octanol–water partition coefficient (Wildman–Crippen LogP) is 1.46. The van der Waals surface area contributed by atoms with Gasteiger partial charge in [-0.2, -0.15) is 0 Å². The van der Waals surface area contributed by atoms with Crippen molar-refractivity contribution in [1.82, 2.24) is 9.55 Å². The normalized spacial score (nSPS) is 12.8. The molecule has 16 heavy (non-hydrogen) atoms.